The van der Waals surface area contributed by atoms with Crippen LogP contribution in [0, 0.1) is 11.6 Å². The number of β-amino-alcohol motifs (C(OH)–C–C–N with tert-alkyl or cyclic N) is 1. The van der Waals surface area contributed by atoms with Crippen molar-refractivity contribution < 1.29 is 23.5 Å². The molecule has 2 amide bonds. The highest BCUT2D eigenvalue weighted by molar-refractivity contribution is 5.99. The van der Waals surface area contributed by atoms with Crippen molar-refractivity contribution in [1.29, 1.82) is 0 Å². The Morgan fingerprint density at radius 3 is 2.64 bits per heavy atom. The van der Waals surface area contributed by atoms with Crippen LogP contribution in [0.3, 0.4) is 0 Å². The van der Waals surface area contributed by atoms with E-state index in [0.717, 1.165) is 18.2 Å². The van der Waals surface area contributed by atoms with Gasteiger partial charge in [-0.2, -0.15) is 0 Å². The molecule has 25 heavy (non-hydrogen) atoms. The summed E-state index contributed by atoms with van der Waals surface area (Å²) in [6.07, 6.45) is 0.659. The van der Waals surface area contributed by atoms with E-state index in [1.165, 1.54) is 21.7 Å². The summed E-state index contributed by atoms with van der Waals surface area (Å²) >= 11 is 0. The van der Waals surface area contributed by atoms with Gasteiger partial charge in [0.15, 0.2) is 0 Å². The van der Waals surface area contributed by atoms with E-state index < -0.39 is 35.6 Å². The van der Waals surface area contributed by atoms with Crippen LogP contribution in [0.1, 0.15) is 38.9 Å². The van der Waals surface area contributed by atoms with Gasteiger partial charge in [0.1, 0.15) is 17.3 Å². The highest BCUT2D eigenvalue weighted by Crippen LogP contribution is 2.35. The molecular weight excluding hydrogens is 332 g/mol. The third-order valence-corrected chi connectivity index (χ3v) is 4.37. The fraction of sp³-hybridized carbons (Fsp3) is 0.294. The number of amides is 2. The van der Waals surface area contributed by atoms with Gasteiger partial charge in [0, 0.05) is 25.4 Å². The van der Waals surface area contributed by atoms with Crippen molar-refractivity contribution >= 4 is 11.8 Å². The first-order chi connectivity index (χ1) is 11.8. The summed E-state index contributed by atoms with van der Waals surface area (Å²) in [5, 5.41) is 9.96. The number of benzene rings is 1. The van der Waals surface area contributed by atoms with Gasteiger partial charge in [0.2, 0.25) is 5.91 Å². The molecule has 0 bridgehead atoms. The van der Waals surface area contributed by atoms with Crippen molar-refractivity contribution in [2.75, 3.05) is 6.54 Å². The molecular formula is C17H17F2N3O3. The van der Waals surface area contributed by atoms with Crippen molar-refractivity contribution in [1.82, 2.24) is 9.47 Å². The lowest BCUT2D eigenvalue weighted by atomic mass is 10.0. The Balaban J connectivity index is 1.98. The molecule has 1 fully saturated rings. The molecule has 0 saturated carbocycles. The zero-order valence-electron chi connectivity index (χ0n) is 13.4. The Morgan fingerprint density at radius 1 is 1.28 bits per heavy atom. The van der Waals surface area contributed by atoms with Gasteiger partial charge in [-0.25, -0.2) is 8.78 Å². The molecule has 0 aliphatic carbocycles. The first kappa shape index (κ1) is 17.1. The highest BCUT2D eigenvalue weighted by atomic mass is 19.1. The van der Waals surface area contributed by atoms with Crippen LogP contribution in [0.25, 0.3) is 0 Å². The smallest absolute Gasteiger partial charge is 0.271 e. The van der Waals surface area contributed by atoms with E-state index in [9.17, 15) is 23.5 Å². The number of carbonyl (C=O) groups excluding carboxylic acids is 2. The predicted molar refractivity (Wildman–Crippen MR) is 84.7 cm³/mol. The highest BCUT2D eigenvalue weighted by Gasteiger charge is 2.38. The maximum Gasteiger partial charge on any atom is 0.271 e. The largest absolute Gasteiger partial charge is 0.391 e. The number of primary amides is 1. The predicted octanol–water partition coefficient (Wildman–Crippen LogP) is 1.35. The molecule has 0 radical (unpaired) electrons. The molecule has 0 spiro atoms. The number of nitrogens with two attached hydrogens (primary N) is 1. The minimum atomic E-state index is -0.854. The van der Waals surface area contributed by atoms with Crippen LogP contribution in [0.15, 0.2) is 30.5 Å². The molecule has 2 atom stereocenters. The van der Waals surface area contributed by atoms with E-state index in [4.69, 9.17) is 5.73 Å². The van der Waals surface area contributed by atoms with Gasteiger partial charge in [-0.05, 0) is 30.7 Å². The zero-order chi connectivity index (χ0) is 18.3. The van der Waals surface area contributed by atoms with Crippen LogP contribution < -0.4 is 5.73 Å². The van der Waals surface area contributed by atoms with Gasteiger partial charge in [-0.1, -0.05) is 0 Å². The van der Waals surface area contributed by atoms with E-state index in [1.54, 1.807) is 7.05 Å². The molecule has 3 rings (SSSR count). The number of aromatic nitrogens is 1. The molecule has 1 aliphatic rings. The topological polar surface area (TPSA) is 88.6 Å². The summed E-state index contributed by atoms with van der Waals surface area (Å²) in [6, 6.07) is 3.55. The van der Waals surface area contributed by atoms with E-state index >= 15 is 0 Å². The summed E-state index contributed by atoms with van der Waals surface area (Å²) in [7, 11) is 1.57. The second-order valence-electron chi connectivity index (χ2n) is 6.12. The third-order valence-electron chi connectivity index (χ3n) is 4.37. The van der Waals surface area contributed by atoms with Gasteiger partial charge in [0.05, 0.1) is 17.7 Å². The Hall–Kier alpha value is -2.74. The summed E-state index contributed by atoms with van der Waals surface area (Å²) in [6.45, 7) is -0.0173. The normalized spacial score (nSPS) is 20.1. The maximum atomic E-state index is 14.1. The number of aliphatic hydroxyl groups excluding tert-OH is 1. The first-order valence-corrected chi connectivity index (χ1v) is 7.68. The fourth-order valence-electron chi connectivity index (χ4n) is 3.16. The zero-order valence-corrected chi connectivity index (χ0v) is 13.4. The lowest BCUT2D eigenvalue weighted by Gasteiger charge is -2.25. The number of likely N-dealkylation sites (tertiary alicyclic amines) is 1. The van der Waals surface area contributed by atoms with E-state index in [2.05, 4.69) is 0 Å². The Labute approximate surface area is 142 Å². The number of aliphatic hydroxyl groups is 1. The van der Waals surface area contributed by atoms with Gasteiger partial charge >= 0.3 is 0 Å². The number of hydrogen-bond donors (Lipinski definition) is 2. The van der Waals surface area contributed by atoms with Crippen molar-refractivity contribution in [3.63, 3.8) is 0 Å². The molecule has 6 nitrogen and oxygen atoms in total. The Morgan fingerprint density at radius 2 is 2.00 bits per heavy atom. The van der Waals surface area contributed by atoms with Crippen LogP contribution in [0.5, 0.6) is 0 Å². The number of aryl methyl sites for hydroxylation is 1. The average molecular weight is 349 g/mol. The lowest BCUT2D eigenvalue weighted by molar-refractivity contribution is 0.0704. The summed E-state index contributed by atoms with van der Waals surface area (Å²) in [4.78, 5) is 25.4. The quantitative estimate of drug-likeness (QED) is 0.877. The second kappa shape index (κ2) is 6.29. The van der Waals surface area contributed by atoms with Gasteiger partial charge in [-0.15, -0.1) is 0 Å². The van der Waals surface area contributed by atoms with Crippen molar-refractivity contribution in [3.8, 4) is 0 Å². The summed E-state index contributed by atoms with van der Waals surface area (Å²) < 4.78 is 29.1. The molecule has 1 aromatic carbocycles. The molecule has 8 heteroatoms. The van der Waals surface area contributed by atoms with Crippen LogP contribution in [-0.4, -0.2) is 39.0 Å². The lowest BCUT2D eigenvalue weighted by Crippen LogP contribution is -2.33. The molecule has 1 saturated heterocycles. The average Bonchev–Trinajstić information content (AvgIpc) is 3.12. The van der Waals surface area contributed by atoms with Crippen LogP contribution >= 0.6 is 0 Å². The molecule has 2 aromatic rings. The van der Waals surface area contributed by atoms with Gasteiger partial charge in [0.25, 0.3) is 5.91 Å². The van der Waals surface area contributed by atoms with E-state index in [-0.39, 0.29) is 29.8 Å². The maximum absolute atomic E-state index is 14.1. The molecule has 0 unspecified atom stereocenters. The number of carbonyl (C=O) groups is 2. The van der Waals surface area contributed by atoms with Crippen LogP contribution in [0.4, 0.5) is 8.78 Å². The van der Waals surface area contributed by atoms with Gasteiger partial charge in [-0.3, -0.25) is 9.59 Å². The molecule has 2 heterocycles. The Bertz CT molecular complexity index is 850. The second-order valence-corrected chi connectivity index (χ2v) is 6.12. The number of hydrogen-bond acceptors (Lipinski definition) is 3. The number of halogens is 2. The minimum Gasteiger partial charge on any atom is -0.391 e. The first-order valence-electron chi connectivity index (χ1n) is 7.68. The number of rotatable bonds is 3. The molecule has 1 aliphatic heterocycles. The summed E-state index contributed by atoms with van der Waals surface area (Å²) in [5.41, 5.74) is 5.56. The standard InChI is InChI=1S/C17H17F2N3O3/c1-21-7-9(16(20)24)4-15(21)17(25)22-8-11(23)6-14(22)12-5-10(18)2-3-13(12)19/h2-5,7,11,14,23H,6,8H2,1H3,(H2,20,24)/t11-,14-/m1/s1. The van der Waals surface area contributed by atoms with Crippen molar-refractivity contribution in [2.45, 2.75) is 18.6 Å². The minimum absolute atomic E-state index is 0.00855. The molecule has 3 N–H and O–H groups in total. The van der Waals surface area contributed by atoms with Gasteiger partial charge < -0.3 is 20.3 Å². The fourth-order valence-corrected chi connectivity index (χ4v) is 3.16. The van der Waals surface area contributed by atoms with Crippen molar-refractivity contribution in [3.05, 3.63) is 58.9 Å². The van der Waals surface area contributed by atoms with E-state index in [1.807, 2.05) is 0 Å². The SMILES string of the molecule is Cn1cc(C(N)=O)cc1C(=O)N1C[C@H](O)C[C@@H]1c1cc(F)ccc1F. The van der Waals surface area contributed by atoms with Crippen molar-refractivity contribution in [2.24, 2.45) is 12.8 Å². The third kappa shape index (κ3) is 3.12. The van der Waals surface area contributed by atoms with Crippen LogP contribution in [-0.2, 0) is 7.05 Å². The number of nitrogens with zero attached hydrogens (tertiary/aromatic N) is 2. The summed E-state index contributed by atoms with van der Waals surface area (Å²) in [5.74, 6) is -2.45. The van der Waals surface area contributed by atoms with Crippen LogP contribution in [0.2, 0.25) is 0 Å². The molecule has 132 valence electrons. The van der Waals surface area contributed by atoms with E-state index in [0.29, 0.717) is 0 Å². The monoisotopic (exact) mass is 349 g/mol. The molecule has 1 aromatic heterocycles. The Kier molecular flexibility index (Phi) is 4.30.